The van der Waals surface area contributed by atoms with E-state index in [9.17, 15) is 0 Å². The second-order valence-corrected chi connectivity index (χ2v) is 28.4. The van der Waals surface area contributed by atoms with Crippen LogP contribution in [0.2, 0.25) is 33.2 Å². The number of H-pyrrole nitrogens is 2. The Hall–Kier alpha value is -2.89. The Morgan fingerprint density at radius 2 is 0.780 bits per heavy atom. The van der Waals surface area contributed by atoms with Crippen molar-refractivity contribution >= 4 is 94.4 Å². The van der Waals surface area contributed by atoms with Gasteiger partial charge in [-0.1, -0.05) is 94.9 Å². The Morgan fingerprint density at radius 1 is 0.460 bits per heavy atom. The van der Waals surface area contributed by atoms with Gasteiger partial charge in [0.15, 0.2) is 0 Å². The molecule has 4 nitrogen and oxygen atoms in total. The monoisotopic (exact) mass is 826 g/mol. The van der Waals surface area contributed by atoms with Crippen LogP contribution in [0.25, 0.3) is 46.4 Å². The fraction of sp³-hybridized carbons (Fsp3) is 0.429. The lowest BCUT2D eigenvalue weighted by Gasteiger charge is -2.38. The highest BCUT2D eigenvalue weighted by atomic mass is 79.9. The Morgan fingerprint density at radius 3 is 1.22 bits per heavy atom. The maximum atomic E-state index is 5.34. The van der Waals surface area contributed by atoms with Crippen LogP contribution in [0, 0.1) is 22.9 Å². The molecule has 2 aliphatic heterocycles. The van der Waals surface area contributed by atoms with Gasteiger partial charge in [-0.25, -0.2) is 9.97 Å². The molecule has 2 aliphatic rings. The summed E-state index contributed by atoms with van der Waals surface area (Å²) in [5.74, 6) is 7.53. The molecule has 2 N–H and O–H groups in total. The Kier molecular flexibility index (Phi) is 11.5. The summed E-state index contributed by atoms with van der Waals surface area (Å²) in [6.07, 6.45) is 8.37. The molecule has 262 valence electrons. The third kappa shape index (κ3) is 6.86. The number of nitrogens with one attached hydrogen (secondary N) is 2. The van der Waals surface area contributed by atoms with Crippen molar-refractivity contribution in [2.45, 2.75) is 116 Å². The van der Waals surface area contributed by atoms with Crippen LogP contribution < -0.4 is 0 Å². The molecular weight excluding hydrogens is 776 g/mol. The predicted molar refractivity (Wildman–Crippen MR) is 230 cm³/mol. The van der Waals surface area contributed by atoms with E-state index in [4.69, 9.17) is 9.97 Å². The summed E-state index contributed by atoms with van der Waals surface area (Å²) in [7, 11) is -4.07. The quantitative estimate of drug-likeness (QED) is 0.132. The second-order valence-electron chi connectivity index (χ2n) is 15.7. The van der Waals surface area contributed by atoms with Crippen molar-refractivity contribution in [1.82, 2.24) is 19.9 Å². The summed E-state index contributed by atoms with van der Waals surface area (Å²) in [4.78, 5) is 17.8. The summed E-state index contributed by atoms with van der Waals surface area (Å²) in [5.41, 5.74) is 20.0. The number of hydrogen-bond acceptors (Lipinski definition) is 2. The third-order valence-corrected chi connectivity index (χ3v) is 25.4. The summed E-state index contributed by atoms with van der Waals surface area (Å²) >= 11 is 7.74. The second kappa shape index (κ2) is 15.0. The van der Waals surface area contributed by atoms with Gasteiger partial charge in [0, 0.05) is 0 Å². The Bertz CT molecular complexity index is 2100. The van der Waals surface area contributed by atoms with Crippen molar-refractivity contribution in [2.24, 2.45) is 0 Å². The zero-order valence-corrected chi connectivity index (χ0v) is 36.9. The van der Waals surface area contributed by atoms with Gasteiger partial charge in [-0.05, 0) is 114 Å². The molecule has 0 saturated heterocycles. The van der Waals surface area contributed by atoms with Crippen molar-refractivity contribution in [2.75, 3.05) is 0 Å². The first kappa shape index (κ1) is 38.3. The van der Waals surface area contributed by atoms with Crippen LogP contribution in [-0.2, 0) is 0 Å². The zero-order valence-electron chi connectivity index (χ0n) is 31.7. The molecule has 0 fully saturated rings. The highest BCUT2D eigenvalue weighted by molar-refractivity contribution is 9.11. The summed E-state index contributed by atoms with van der Waals surface area (Å²) in [6.45, 7) is 28.3. The fourth-order valence-electron chi connectivity index (χ4n) is 8.60. The topological polar surface area (TPSA) is 57.4 Å². The van der Waals surface area contributed by atoms with Crippen LogP contribution >= 0.6 is 31.9 Å². The minimum absolute atomic E-state index is 0.512. The Labute approximate surface area is 318 Å². The van der Waals surface area contributed by atoms with Gasteiger partial charge < -0.3 is 9.97 Å². The van der Waals surface area contributed by atoms with Gasteiger partial charge in [-0.15, -0.1) is 11.1 Å². The first-order valence-electron chi connectivity index (χ1n) is 18.1. The van der Waals surface area contributed by atoms with Crippen LogP contribution in [0.3, 0.4) is 0 Å². The normalized spacial score (nSPS) is 13.2. The lowest BCUT2D eigenvalue weighted by atomic mass is 10.1. The van der Waals surface area contributed by atoms with Crippen molar-refractivity contribution in [3.05, 3.63) is 67.1 Å². The molecule has 0 unspecified atom stereocenters. The van der Waals surface area contributed by atoms with Gasteiger partial charge in [0.05, 0.1) is 64.9 Å². The van der Waals surface area contributed by atoms with Gasteiger partial charge in [-0.2, -0.15) is 0 Å². The summed E-state index contributed by atoms with van der Waals surface area (Å²) < 4.78 is 1.84. The molecule has 0 saturated carbocycles. The minimum atomic E-state index is -2.04. The van der Waals surface area contributed by atoms with Gasteiger partial charge in [0.25, 0.3) is 0 Å². The predicted octanol–water partition coefficient (Wildman–Crippen LogP) is 13.3. The number of nitrogens with zero attached hydrogens (tertiary/aromatic N) is 2. The smallest absolute Gasteiger partial charge is 0.146 e. The molecule has 0 amide bonds. The van der Waals surface area contributed by atoms with Gasteiger partial charge in [0.1, 0.15) is 16.1 Å². The van der Waals surface area contributed by atoms with Crippen LogP contribution in [0.15, 0.2) is 33.2 Å². The molecule has 50 heavy (non-hydrogen) atoms. The van der Waals surface area contributed by atoms with Crippen LogP contribution in [0.4, 0.5) is 0 Å². The first-order chi connectivity index (χ1) is 23.5. The molecule has 0 atom stereocenters. The van der Waals surface area contributed by atoms with Gasteiger partial charge >= 0.3 is 0 Å². The van der Waals surface area contributed by atoms with Gasteiger partial charge in [-0.3, -0.25) is 0 Å². The van der Waals surface area contributed by atoms with Crippen molar-refractivity contribution < 1.29 is 0 Å². The molecule has 0 spiro atoms. The van der Waals surface area contributed by atoms with E-state index in [1.165, 1.54) is 0 Å². The van der Waals surface area contributed by atoms with Crippen molar-refractivity contribution in [3.63, 3.8) is 0 Å². The SMILES string of the molecule is CC(C)[Si](C#Cc1c2nc(c(Br)c3ccc([nH]3)c(Br)c3ccc([nH]3)c(C#C[Si](C(C)C)(C(C)C)C(C)C)c3nc1C=C3)C=C2)(C(C)C)C(C)C. The fourth-order valence-corrected chi connectivity index (χ4v) is 19.9. The number of halogens is 2. The van der Waals surface area contributed by atoms with E-state index in [2.05, 4.69) is 196 Å². The maximum Gasteiger partial charge on any atom is 0.146 e. The number of aromatic nitrogens is 4. The molecule has 8 bridgehead atoms. The molecule has 3 aromatic heterocycles. The van der Waals surface area contributed by atoms with Gasteiger partial charge in [0.2, 0.25) is 0 Å². The van der Waals surface area contributed by atoms with E-state index in [1.807, 2.05) is 0 Å². The van der Waals surface area contributed by atoms with Crippen molar-refractivity contribution in [3.8, 4) is 22.9 Å². The average Bonchev–Trinajstić information content (AvgIpc) is 3.87. The van der Waals surface area contributed by atoms with Crippen LogP contribution in [-0.4, -0.2) is 36.1 Å². The van der Waals surface area contributed by atoms with E-state index in [0.717, 1.165) is 64.9 Å². The maximum absolute atomic E-state index is 5.34. The van der Waals surface area contributed by atoms with E-state index in [1.54, 1.807) is 0 Å². The molecular formula is C42H52Br2N4Si2. The number of hydrogen-bond donors (Lipinski definition) is 2. The molecule has 8 heteroatoms. The average molecular weight is 829 g/mol. The largest absolute Gasteiger partial charge is 0.354 e. The molecule has 0 aromatic carbocycles. The highest BCUT2D eigenvalue weighted by Crippen LogP contribution is 2.42. The van der Waals surface area contributed by atoms with E-state index >= 15 is 0 Å². The first-order valence-corrected chi connectivity index (χ1v) is 24.1. The molecule has 5 heterocycles. The van der Waals surface area contributed by atoms with Crippen LogP contribution in [0.5, 0.6) is 0 Å². The molecule has 5 rings (SSSR count). The third-order valence-electron chi connectivity index (χ3n) is 11.2. The zero-order chi connectivity index (χ0) is 36.7. The van der Waals surface area contributed by atoms with E-state index in [-0.39, 0.29) is 0 Å². The van der Waals surface area contributed by atoms with E-state index in [0.29, 0.717) is 33.2 Å². The standard InChI is InChI=1S/C42H52Br2N4Si2/c1-25(2)49(26(3)4,27(5)6)23-21-31-33-13-14-34(45-33)32(22-24-50(28(7)8,29(9)10)30(11)12)36-16-18-38(47-36)42(44)40-20-19-39(48-40)41(43)37-17-15-35(31)46-37/h13-20,25-30,46,48H,1-12H3. The van der Waals surface area contributed by atoms with Crippen molar-refractivity contribution in [1.29, 1.82) is 0 Å². The Balaban J connectivity index is 1.96. The summed E-state index contributed by atoms with van der Waals surface area (Å²) in [6, 6.07) is 8.41. The number of fused-ring (bicyclic) bond motifs is 8. The van der Waals surface area contributed by atoms with Crippen LogP contribution in [0.1, 0.15) is 117 Å². The lowest BCUT2D eigenvalue weighted by molar-refractivity contribution is 0.838. The lowest BCUT2D eigenvalue weighted by Crippen LogP contribution is -2.43. The molecule has 0 radical (unpaired) electrons. The summed E-state index contributed by atoms with van der Waals surface area (Å²) in [5, 5.41) is 0. The van der Waals surface area contributed by atoms with E-state index < -0.39 is 16.1 Å². The number of aromatic amines is 2. The number of rotatable bonds is 6. The molecule has 0 aliphatic carbocycles. The minimum Gasteiger partial charge on any atom is -0.354 e. The molecule has 3 aromatic rings. The highest BCUT2D eigenvalue weighted by Gasteiger charge is 2.42.